The average Bonchev–Trinajstić information content (AvgIpc) is 2.29. The Morgan fingerprint density at radius 2 is 1.63 bits per heavy atom. The second-order valence-corrected chi connectivity index (χ2v) is 6.21. The molecular weight excluding hydrogens is 244 g/mol. The molecule has 0 spiro atoms. The number of aliphatic carboxylic acids is 1. The van der Waals surface area contributed by atoms with Gasteiger partial charge in [0.15, 0.2) is 0 Å². The minimum absolute atomic E-state index is 0.00924. The van der Waals surface area contributed by atoms with Gasteiger partial charge < -0.3 is 15.7 Å². The zero-order valence-electron chi connectivity index (χ0n) is 13.0. The standard InChI is InChI=1S/C14H28N2O3/c1-7-14(8-2,11(17)18)9-15-12(19)16-10(3)13(4,5)6/h10H,7-9H2,1-6H3,(H,17,18)(H2,15,16,19). The zero-order valence-corrected chi connectivity index (χ0v) is 13.0. The first-order valence-electron chi connectivity index (χ1n) is 6.86. The maximum absolute atomic E-state index is 11.8. The molecule has 0 aliphatic rings. The number of rotatable bonds is 6. The normalized spacial score (nSPS) is 13.8. The van der Waals surface area contributed by atoms with Gasteiger partial charge in [0.1, 0.15) is 0 Å². The average molecular weight is 272 g/mol. The second-order valence-electron chi connectivity index (χ2n) is 6.21. The van der Waals surface area contributed by atoms with Crippen molar-refractivity contribution in [1.29, 1.82) is 0 Å². The maximum atomic E-state index is 11.8. The van der Waals surface area contributed by atoms with Gasteiger partial charge in [-0.05, 0) is 25.2 Å². The smallest absolute Gasteiger partial charge is 0.315 e. The molecule has 112 valence electrons. The zero-order chi connectivity index (χ0) is 15.3. The van der Waals surface area contributed by atoms with Crippen molar-refractivity contribution in [2.75, 3.05) is 6.54 Å². The first kappa shape index (κ1) is 17.7. The molecule has 1 atom stereocenters. The van der Waals surface area contributed by atoms with Crippen molar-refractivity contribution in [3.8, 4) is 0 Å². The quantitative estimate of drug-likeness (QED) is 0.695. The molecule has 0 aromatic carbocycles. The maximum Gasteiger partial charge on any atom is 0.315 e. The molecule has 3 N–H and O–H groups in total. The van der Waals surface area contributed by atoms with E-state index < -0.39 is 11.4 Å². The van der Waals surface area contributed by atoms with E-state index in [-0.39, 0.29) is 24.0 Å². The van der Waals surface area contributed by atoms with E-state index in [0.29, 0.717) is 12.8 Å². The molecule has 0 heterocycles. The molecule has 19 heavy (non-hydrogen) atoms. The van der Waals surface area contributed by atoms with Crippen LogP contribution < -0.4 is 10.6 Å². The molecule has 0 aromatic heterocycles. The van der Waals surface area contributed by atoms with E-state index in [1.54, 1.807) is 0 Å². The lowest BCUT2D eigenvalue weighted by Crippen LogP contribution is -2.50. The number of nitrogens with one attached hydrogen (secondary N) is 2. The molecule has 0 bridgehead atoms. The molecule has 2 amide bonds. The van der Waals surface area contributed by atoms with Gasteiger partial charge in [-0.25, -0.2) is 4.79 Å². The third-order valence-electron chi connectivity index (χ3n) is 4.04. The van der Waals surface area contributed by atoms with E-state index in [9.17, 15) is 14.7 Å². The van der Waals surface area contributed by atoms with Crippen molar-refractivity contribution < 1.29 is 14.7 Å². The lowest BCUT2D eigenvalue weighted by molar-refractivity contribution is -0.149. The van der Waals surface area contributed by atoms with Gasteiger partial charge in [-0.3, -0.25) is 4.79 Å². The SMILES string of the molecule is CCC(CC)(CNC(=O)NC(C)C(C)(C)C)C(=O)O. The van der Waals surface area contributed by atoms with E-state index in [1.807, 2.05) is 41.5 Å². The highest BCUT2D eigenvalue weighted by molar-refractivity contribution is 5.78. The Morgan fingerprint density at radius 3 is 1.95 bits per heavy atom. The van der Waals surface area contributed by atoms with Gasteiger partial charge in [0.2, 0.25) is 0 Å². The molecular formula is C14H28N2O3. The molecule has 1 unspecified atom stereocenters. The molecule has 0 aromatic rings. The van der Waals surface area contributed by atoms with Crippen LogP contribution in [0.25, 0.3) is 0 Å². The number of urea groups is 1. The highest BCUT2D eigenvalue weighted by Crippen LogP contribution is 2.25. The number of hydrogen-bond acceptors (Lipinski definition) is 2. The minimum atomic E-state index is -0.873. The van der Waals surface area contributed by atoms with E-state index >= 15 is 0 Å². The molecule has 0 fully saturated rings. The summed E-state index contributed by atoms with van der Waals surface area (Å²) < 4.78 is 0. The number of hydrogen-bond donors (Lipinski definition) is 3. The fourth-order valence-electron chi connectivity index (χ4n) is 1.59. The van der Waals surface area contributed by atoms with Crippen LogP contribution in [0.1, 0.15) is 54.4 Å². The summed E-state index contributed by atoms with van der Waals surface area (Å²) in [5, 5.41) is 14.8. The van der Waals surface area contributed by atoms with Gasteiger partial charge in [-0.2, -0.15) is 0 Å². The van der Waals surface area contributed by atoms with Gasteiger partial charge in [-0.1, -0.05) is 34.6 Å². The number of carboxylic acid groups (broad SMARTS) is 1. The lowest BCUT2D eigenvalue weighted by Gasteiger charge is -2.30. The largest absolute Gasteiger partial charge is 0.481 e. The fraction of sp³-hybridized carbons (Fsp3) is 0.857. The number of carbonyl (C=O) groups is 2. The summed E-state index contributed by atoms with van der Waals surface area (Å²) in [6.07, 6.45) is 0.988. The molecule has 0 rings (SSSR count). The van der Waals surface area contributed by atoms with Crippen LogP contribution in [0.2, 0.25) is 0 Å². The van der Waals surface area contributed by atoms with Gasteiger partial charge in [-0.15, -0.1) is 0 Å². The van der Waals surface area contributed by atoms with Crippen LogP contribution in [0, 0.1) is 10.8 Å². The Morgan fingerprint density at radius 1 is 1.16 bits per heavy atom. The summed E-state index contributed by atoms with van der Waals surface area (Å²) >= 11 is 0. The third kappa shape index (κ3) is 5.09. The summed E-state index contributed by atoms with van der Waals surface area (Å²) in [7, 11) is 0. The molecule has 5 nitrogen and oxygen atoms in total. The molecule has 0 aliphatic heterocycles. The van der Waals surface area contributed by atoms with E-state index in [0.717, 1.165) is 0 Å². The summed E-state index contributed by atoms with van der Waals surface area (Å²) in [5.41, 5.74) is -0.904. The second kappa shape index (κ2) is 6.78. The van der Waals surface area contributed by atoms with Crippen LogP contribution in [-0.4, -0.2) is 29.7 Å². The van der Waals surface area contributed by atoms with Crippen LogP contribution in [0.4, 0.5) is 4.79 Å². The number of carboxylic acids is 1. The highest BCUT2D eigenvalue weighted by Gasteiger charge is 2.35. The van der Waals surface area contributed by atoms with Crippen molar-refractivity contribution in [3.05, 3.63) is 0 Å². The van der Waals surface area contributed by atoms with Crippen molar-refractivity contribution in [2.45, 2.75) is 60.4 Å². The topological polar surface area (TPSA) is 78.4 Å². The van der Waals surface area contributed by atoms with Crippen LogP contribution in [0.5, 0.6) is 0 Å². The van der Waals surface area contributed by atoms with Crippen molar-refractivity contribution in [1.82, 2.24) is 10.6 Å². The van der Waals surface area contributed by atoms with E-state index in [2.05, 4.69) is 10.6 Å². The van der Waals surface area contributed by atoms with Crippen molar-refractivity contribution in [2.24, 2.45) is 10.8 Å². The Balaban J connectivity index is 4.47. The van der Waals surface area contributed by atoms with Crippen molar-refractivity contribution >= 4 is 12.0 Å². The van der Waals surface area contributed by atoms with Gasteiger partial charge >= 0.3 is 12.0 Å². The Hall–Kier alpha value is -1.26. The first-order chi connectivity index (χ1) is 8.59. The Kier molecular flexibility index (Phi) is 6.33. The van der Waals surface area contributed by atoms with E-state index in [1.165, 1.54) is 0 Å². The summed E-state index contributed by atoms with van der Waals surface area (Å²) in [6.45, 7) is 11.9. The summed E-state index contributed by atoms with van der Waals surface area (Å²) in [4.78, 5) is 23.1. The van der Waals surface area contributed by atoms with E-state index in [4.69, 9.17) is 0 Å². The first-order valence-corrected chi connectivity index (χ1v) is 6.86. The molecule has 5 heteroatoms. The Bertz CT molecular complexity index is 317. The molecule has 0 saturated carbocycles. The molecule has 0 aliphatic carbocycles. The monoisotopic (exact) mass is 272 g/mol. The predicted molar refractivity (Wildman–Crippen MR) is 76.1 cm³/mol. The lowest BCUT2D eigenvalue weighted by atomic mass is 9.82. The predicted octanol–water partition coefficient (Wildman–Crippen LogP) is 2.61. The highest BCUT2D eigenvalue weighted by atomic mass is 16.4. The fourth-order valence-corrected chi connectivity index (χ4v) is 1.59. The minimum Gasteiger partial charge on any atom is -0.481 e. The molecule has 0 saturated heterocycles. The van der Waals surface area contributed by atoms with Crippen LogP contribution in [0.15, 0.2) is 0 Å². The summed E-state index contributed by atoms with van der Waals surface area (Å²) in [6, 6.07) is -0.301. The van der Waals surface area contributed by atoms with Crippen LogP contribution in [0.3, 0.4) is 0 Å². The van der Waals surface area contributed by atoms with Crippen LogP contribution in [-0.2, 0) is 4.79 Å². The van der Waals surface area contributed by atoms with Crippen LogP contribution >= 0.6 is 0 Å². The Labute approximate surface area is 116 Å². The van der Waals surface area contributed by atoms with Crippen molar-refractivity contribution in [3.63, 3.8) is 0 Å². The van der Waals surface area contributed by atoms with Gasteiger partial charge in [0.05, 0.1) is 5.41 Å². The number of amides is 2. The van der Waals surface area contributed by atoms with Gasteiger partial charge in [0.25, 0.3) is 0 Å². The number of carbonyl (C=O) groups excluding carboxylic acids is 1. The molecule has 0 radical (unpaired) electrons. The van der Waals surface area contributed by atoms with Gasteiger partial charge in [0, 0.05) is 12.6 Å². The summed E-state index contributed by atoms with van der Waals surface area (Å²) in [5.74, 6) is -0.860. The third-order valence-corrected chi connectivity index (χ3v) is 4.04.